The summed E-state index contributed by atoms with van der Waals surface area (Å²) in [5.41, 5.74) is 1.36. The smallest absolute Gasteiger partial charge is 0.309 e. The SMILES string of the molecule is COC(=O)[C@H]1[C@H](C=C(C)C)C1(C)C. The van der Waals surface area contributed by atoms with Gasteiger partial charge in [-0.1, -0.05) is 25.5 Å². The molecular formula is C11H18O2. The topological polar surface area (TPSA) is 26.3 Å². The summed E-state index contributed by atoms with van der Waals surface area (Å²) in [4.78, 5) is 11.3. The fraction of sp³-hybridized carbons (Fsp3) is 0.727. The fourth-order valence-electron chi connectivity index (χ4n) is 1.93. The van der Waals surface area contributed by atoms with Crippen LogP contribution in [0.1, 0.15) is 27.7 Å². The van der Waals surface area contributed by atoms with Crippen LogP contribution in [0.3, 0.4) is 0 Å². The summed E-state index contributed by atoms with van der Waals surface area (Å²) >= 11 is 0. The largest absolute Gasteiger partial charge is 0.469 e. The minimum Gasteiger partial charge on any atom is -0.469 e. The van der Waals surface area contributed by atoms with Gasteiger partial charge in [0.1, 0.15) is 0 Å². The molecule has 1 aliphatic rings. The predicted octanol–water partition coefficient (Wildman–Crippen LogP) is 2.40. The summed E-state index contributed by atoms with van der Waals surface area (Å²) in [6, 6.07) is 0. The predicted molar refractivity (Wildman–Crippen MR) is 52.2 cm³/mol. The molecule has 0 bridgehead atoms. The van der Waals surface area contributed by atoms with Crippen molar-refractivity contribution in [3.8, 4) is 0 Å². The average molecular weight is 182 g/mol. The molecule has 2 atom stereocenters. The van der Waals surface area contributed by atoms with Gasteiger partial charge in [0.15, 0.2) is 0 Å². The lowest BCUT2D eigenvalue weighted by Gasteiger charge is -1.99. The highest BCUT2D eigenvalue weighted by atomic mass is 16.5. The Labute approximate surface area is 80.0 Å². The Morgan fingerprint density at radius 1 is 1.38 bits per heavy atom. The molecule has 0 amide bonds. The van der Waals surface area contributed by atoms with E-state index in [1.54, 1.807) is 0 Å². The number of carbonyl (C=O) groups is 1. The molecule has 1 aliphatic carbocycles. The van der Waals surface area contributed by atoms with Gasteiger partial charge >= 0.3 is 5.97 Å². The Morgan fingerprint density at radius 3 is 2.31 bits per heavy atom. The molecule has 0 aliphatic heterocycles. The average Bonchev–Trinajstić information content (AvgIpc) is 2.51. The molecule has 13 heavy (non-hydrogen) atoms. The summed E-state index contributed by atoms with van der Waals surface area (Å²) in [5, 5.41) is 0. The van der Waals surface area contributed by atoms with E-state index in [0.29, 0.717) is 5.92 Å². The van der Waals surface area contributed by atoms with Crippen LogP contribution >= 0.6 is 0 Å². The quantitative estimate of drug-likeness (QED) is 0.484. The molecule has 0 saturated heterocycles. The number of allylic oxidation sites excluding steroid dienone is 2. The van der Waals surface area contributed by atoms with Crippen molar-refractivity contribution in [2.75, 3.05) is 7.11 Å². The van der Waals surface area contributed by atoms with Crippen LogP contribution in [0.15, 0.2) is 11.6 Å². The van der Waals surface area contributed by atoms with E-state index in [4.69, 9.17) is 4.74 Å². The van der Waals surface area contributed by atoms with Gasteiger partial charge in [-0.15, -0.1) is 0 Å². The van der Waals surface area contributed by atoms with E-state index in [0.717, 1.165) is 0 Å². The van der Waals surface area contributed by atoms with Crippen molar-refractivity contribution in [1.82, 2.24) is 0 Å². The van der Waals surface area contributed by atoms with Crippen LogP contribution in [0.25, 0.3) is 0 Å². The molecule has 0 aromatic heterocycles. The van der Waals surface area contributed by atoms with Gasteiger partial charge in [-0.2, -0.15) is 0 Å². The van der Waals surface area contributed by atoms with Crippen molar-refractivity contribution < 1.29 is 9.53 Å². The summed E-state index contributed by atoms with van der Waals surface area (Å²) in [7, 11) is 1.45. The zero-order valence-electron chi connectivity index (χ0n) is 9.05. The highest BCUT2D eigenvalue weighted by Crippen LogP contribution is 2.59. The van der Waals surface area contributed by atoms with Gasteiger partial charge in [0.05, 0.1) is 13.0 Å². The minimum atomic E-state index is -0.0764. The molecule has 2 nitrogen and oxygen atoms in total. The minimum absolute atomic E-state index is 0.0624. The van der Waals surface area contributed by atoms with Gasteiger partial charge in [0, 0.05) is 0 Å². The van der Waals surface area contributed by atoms with E-state index < -0.39 is 0 Å². The van der Waals surface area contributed by atoms with Gasteiger partial charge in [0.2, 0.25) is 0 Å². The lowest BCUT2D eigenvalue weighted by Crippen LogP contribution is -2.07. The highest BCUT2D eigenvalue weighted by molar-refractivity contribution is 5.78. The number of hydrogen-bond donors (Lipinski definition) is 0. The first-order valence-corrected chi connectivity index (χ1v) is 4.64. The number of carbonyl (C=O) groups excluding carboxylic acids is 1. The van der Waals surface area contributed by atoms with Crippen molar-refractivity contribution >= 4 is 5.97 Å². The van der Waals surface area contributed by atoms with Gasteiger partial charge in [0.25, 0.3) is 0 Å². The molecular weight excluding hydrogens is 164 g/mol. The maximum atomic E-state index is 11.3. The highest BCUT2D eigenvalue weighted by Gasteiger charge is 2.61. The van der Waals surface area contributed by atoms with E-state index in [9.17, 15) is 4.79 Å². The van der Waals surface area contributed by atoms with Crippen LogP contribution in [-0.2, 0) is 9.53 Å². The molecule has 74 valence electrons. The second kappa shape index (κ2) is 3.17. The lowest BCUT2D eigenvalue weighted by molar-refractivity contribution is -0.143. The molecule has 0 radical (unpaired) electrons. The molecule has 0 unspecified atom stereocenters. The van der Waals surface area contributed by atoms with E-state index >= 15 is 0 Å². The number of rotatable bonds is 2. The Balaban J connectivity index is 2.72. The first-order valence-electron chi connectivity index (χ1n) is 4.64. The van der Waals surface area contributed by atoms with Crippen molar-refractivity contribution in [2.24, 2.45) is 17.3 Å². The van der Waals surface area contributed by atoms with Crippen molar-refractivity contribution in [3.63, 3.8) is 0 Å². The third-order valence-electron chi connectivity index (χ3n) is 2.88. The lowest BCUT2D eigenvalue weighted by atomic mass is 10.1. The first-order chi connectivity index (χ1) is 5.91. The zero-order chi connectivity index (χ0) is 10.2. The van der Waals surface area contributed by atoms with Crippen LogP contribution in [0, 0.1) is 17.3 Å². The van der Waals surface area contributed by atoms with Gasteiger partial charge in [-0.3, -0.25) is 4.79 Å². The van der Waals surface area contributed by atoms with Crippen LogP contribution in [0.4, 0.5) is 0 Å². The van der Waals surface area contributed by atoms with Crippen molar-refractivity contribution in [2.45, 2.75) is 27.7 Å². The second-order valence-electron chi connectivity index (χ2n) is 4.59. The Morgan fingerprint density at radius 2 is 1.92 bits per heavy atom. The van der Waals surface area contributed by atoms with E-state index in [2.05, 4.69) is 33.8 Å². The zero-order valence-corrected chi connectivity index (χ0v) is 9.05. The maximum absolute atomic E-state index is 11.3. The molecule has 1 fully saturated rings. The number of hydrogen-bond acceptors (Lipinski definition) is 2. The summed E-state index contributed by atoms with van der Waals surface area (Å²) in [6.07, 6.45) is 2.17. The molecule has 0 aromatic rings. The van der Waals surface area contributed by atoms with E-state index in [1.807, 2.05) is 0 Å². The number of esters is 1. The molecule has 0 N–H and O–H groups in total. The van der Waals surface area contributed by atoms with Crippen LogP contribution in [0.5, 0.6) is 0 Å². The van der Waals surface area contributed by atoms with Crippen LogP contribution in [0.2, 0.25) is 0 Å². The Bertz CT molecular complexity index is 247. The second-order valence-corrected chi connectivity index (χ2v) is 4.59. The monoisotopic (exact) mass is 182 g/mol. The third kappa shape index (κ3) is 1.77. The van der Waals surface area contributed by atoms with Crippen molar-refractivity contribution in [1.29, 1.82) is 0 Å². The van der Waals surface area contributed by atoms with Crippen LogP contribution in [-0.4, -0.2) is 13.1 Å². The summed E-state index contributed by atoms with van der Waals surface area (Å²) in [5.74, 6) is 0.352. The summed E-state index contributed by atoms with van der Waals surface area (Å²) in [6.45, 7) is 8.34. The molecule has 1 saturated carbocycles. The molecule has 0 heterocycles. The molecule has 0 aromatic carbocycles. The van der Waals surface area contributed by atoms with E-state index in [1.165, 1.54) is 12.7 Å². The Kier molecular flexibility index (Phi) is 2.51. The molecule has 1 rings (SSSR count). The van der Waals surface area contributed by atoms with Crippen molar-refractivity contribution in [3.05, 3.63) is 11.6 Å². The maximum Gasteiger partial charge on any atom is 0.309 e. The number of ether oxygens (including phenoxy) is 1. The Hall–Kier alpha value is -0.790. The molecule has 0 spiro atoms. The standard InChI is InChI=1S/C11H18O2/c1-7(2)6-8-9(10(12)13-5)11(8,3)4/h6,8-9H,1-5H3/t8-,9+/m0/s1. The third-order valence-corrected chi connectivity index (χ3v) is 2.88. The summed E-state index contributed by atoms with van der Waals surface area (Å²) < 4.78 is 4.75. The fourth-order valence-corrected chi connectivity index (χ4v) is 1.93. The normalized spacial score (nSPS) is 29.3. The van der Waals surface area contributed by atoms with Gasteiger partial charge < -0.3 is 4.74 Å². The van der Waals surface area contributed by atoms with Gasteiger partial charge in [-0.25, -0.2) is 0 Å². The number of methoxy groups -OCH3 is 1. The van der Waals surface area contributed by atoms with Crippen LogP contribution < -0.4 is 0 Å². The van der Waals surface area contributed by atoms with E-state index in [-0.39, 0.29) is 17.3 Å². The first kappa shape index (κ1) is 10.3. The van der Waals surface area contributed by atoms with Gasteiger partial charge in [-0.05, 0) is 25.2 Å². The molecule has 2 heteroatoms.